The van der Waals surface area contributed by atoms with Gasteiger partial charge in [-0.1, -0.05) is 47.5 Å². The Labute approximate surface area is 184 Å². The van der Waals surface area contributed by atoms with Gasteiger partial charge in [0.2, 0.25) is 5.91 Å². The molecule has 0 unspecified atom stereocenters. The van der Waals surface area contributed by atoms with Gasteiger partial charge < -0.3 is 25.0 Å². The van der Waals surface area contributed by atoms with Crippen molar-refractivity contribution in [3.8, 4) is 11.1 Å². The quantitative estimate of drug-likeness (QED) is 0.500. The molecule has 0 aliphatic rings. The second-order valence-electron chi connectivity index (χ2n) is 6.62. The van der Waals surface area contributed by atoms with Crippen LogP contribution < -0.4 is 5.32 Å². The number of benzene rings is 2. The summed E-state index contributed by atoms with van der Waals surface area (Å²) in [6.07, 6.45) is -3.23. The Morgan fingerprint density at radius 2 is 1.60 bits per heavy atom. The fourth-order valence-corrected chi connectivity index (χ4v) is 3.45. The van der Waals surface area contributed by atoms with Crippen LogP contribution in [-0.2, 0) is 25.5 Å². The van der Waals surface area contributed by atoms with Gasteiger partial charge in [0.1, 0.15) is 12.7 Å². The molecule has 0 saturated heterocycles. The topological polar surface area (TPSA) is 105 Å². The van der Waals surface area contributed by atoms with Crippen LogP contribution in [0, 0.1) is 0 Å². The van der Waals surface area contributed by atoms with Crippen molar-refractivity contribution in [2.75, 3.05) is 20.8 Å². The van der Waals surface area contributed by atoms with Gasteiger partial charge in [-0.3, -0.25) is 4.79 Å². The molecular formula is C21H23Cl2NO6. The molecule has 2 aromatic carbocycles. The summed E-state index contributed by atoms with van der Waals surface area (Å²) in [5.74, 6) is -1.49. The molecule has 7 nitrogen and oxygen atoms in total. The van der Waals surface area contributed by atoms with Crippen molar-refractivity contribution in [3.63, 3.8) is 0 Å². The summed E-state index contributed by atoms with van der Waals surface area (Å²) in [4.78, 5) is 23.5. The van der Waals surface area contributed by atoms with Crippen LogP contribution >= 0.6 is 23.2 Å². The van der Waals surface area contributed by atoms with Gasteiger partial charge in [0.05, 0.1) is 13.2 Å². The summed E-state index contributed by atoms with van der Waals surface area (Å²) in [6.45, 7) is -0.230. The maximum absolute atomic E-state index is 11.9. The van der Waals surface area contributed by atoms with E-state index in [4.69, 9.17) is 27.9 Å². The Bertz CT molecular complexity index is 854. The van der Waals surface area contributed by atoms with E-state index in [1.165, 1.54) is 7.11 Å². The van der Waals surface area contributed by atoms with E-state index in [9.17, 15) is 19.8 Å². The number of carbonyl (C=O) groups excluding carboxylic acids is 2. The highest BCUT2D eigenvalue weighted by Gasteiger charge is 2.33. The normalized spacial score (nSPS) is 13.9. The molecule has 0 spiro atoms. The van der Waals surface area contributed by atoms with E-state index in [0.717, 1.165) is 23.8 Å². The molecule has 0 bridgehead atoms. The summed E-state index contributed by atoms with van der Waals surface area (Å²) >= 11 is 12.1. The molecule has 0 aliphatic heterocycles. The Balaban J connectivity index is 2.21. The first-order valence-corrected chi connectivity index (χ1v) is 9.78. The van der Waals surface area contributed by atoms with Crippen molar-refractivity contribution in [2.45, 2.75) is 24.7 Å². The number of rotatable bonds is 9. The number of amides is 1. The van der Waals surface area contributed by atoms with Crippen LogP contribution in [0.5, 0.6) is 0 Å². The average Bonchev–Trinajstić information content (AvgIpc) is 2.71. The molecule has 9 heteroatoms. The minimum absolute atomic E-state index is 0.154. The van der Waals surface area contributed by atoms with E-state index in [0.29, 0.717) is 10.0 Å². The number of methoxy groups -OCH3 is 2. The smallest absolute Gasteiger partial charge is 0.337 e. The average molecular weight is 456 g/mol. The van der Waals surface area contributed by atoms with Crippen LogP contribution in [0.2, 0.25) is 10.0 Å². The van der Waals surface area contributed by atoms with Gasteiger partial charge in [0.15, 0.2) is 6.10 Å². The van der Waals surface area contributed by atoms with Gasteiger partial charge in [-0.25, -0.2) is 4.79 Å². The highest BCUT2D eigenvalue weighted by Crippen LogP contribution is 2.27. The number of halogens is 2. The van der Waals surface area contributed by atoms with E-state index >= 15 is 0 Å². The Morgan fingerprint density at radius 1 is 1.00 bits per heavy atom. The molecule has 0 aromatic heterocycles. The predicted molar refractivity (Wildman–Crippen MR) is 113 cm³/mol. The first-order chi connectivity index (χ1) is 14.2. The summed E-state index contributed by atoms with van der Waals surface area (Å²) in [5, 5.41) is 24.0. The lowest BCUT2D eigenvalue weighted by Crippen LogP contribution is -2.52. The molecule has 0 fully saturated rings. The molecule has 30 heavy (non-hydrogen) atoms. The number of nitrogens with one attached hydrogen (secondary N) is 1. The fourth-order valence-electron chi connectivity index (χ4n) is 2.92. The van der Waals surface area contributed by atoms with E-state index in [1.807, 2.05) is 12.1 Å². The van der Waals surface area contributed by atoms with Gasteiger partial charge in [0, 0.05) is 17.2 Å². The van der Waals surface area contributed by atoms with Crippen LogP contribution in [0.4, 0.5) is 0 Å². The zero-order valence-corrected chi connectivity index (χ0v) is 18.0. The lowest BCUT2D eigenvalue weighted by atomic mass is 9.96. The highest BCUT2D eigenvalue weighted by molar-refractivity contribution is 6.35. The van der Waals surface area contributed by atoms with Crippen LogP contribution in [0.1, 0.15) is 5.56 Å². The van der Waals surface area contributed by atoms with Crippen molar-refractivity contribution in [3.05, 3.63) is 58.1 Å². The van der Waals surface area contributed by atoms with Crippen molar-refractivity contribution >= 4 is 35.1 Å². The van der Waals surface area contributed by atoms with Gasteiger partial charge in [-0.2, -0.15) is 0 Å². The number of carbonyl (C=O) groups is 2. The van der Waals surface area contributed by atoms with E-state index in [1.54, 1.807) is 30.3 Å². The number of ether oxygens (including phenoxy) is 2. The zero-order valence-electron chi connectivity index (χ0n) is 16.5. The summed E-state index contributed by atoms with van der Waals surface area (Å²) in [6, 6.07) is 11.5. The molecular weight excluding hydrogens is 433 g/mol. The molecule has 0 heterocycles. The van der Waals surface area contributed by atoms with Crippen molar-refractivity contribution < 1.29 is 29.3 Å². The molecule has 2 aromatic rings. The molecule has 3 atom stereocenters. The van der Waals surface area contributed by atoms with E-state index < -0.39 is 30.1 Å². The Morgan fingerprint density at radius 3 is 2.13 bits per heavy atom. The van der Waals surface area contributed by atoms with Gasteiger partial charge in [0.25, 0.3) is 0 Å². The molecule has 2 rings (SSSR count). The van der Waals surface area contributed by atoms with Crippen LogP contribution in [0.3, 0.4) is 0 Å². The fraction of sp³-hybridized carbons (Fsp3) is 0.333. The first-order valence-electron chi connectivity index (χ1n) is 9.02. The summed E-state index contributed by atoms with van der Waals surface area (Å²) in [7, 11) is 2.45. The molecule has 0 aliphatic carbocycles. The number of esters is 1. The molecule has 0 saturated carbocycles. The second-order valence-corrected chi connectivity index (χ2v) is 7.50. The monoisotopic (exact) mass is 455 g/mol. The van der Waals surface area contributed by atoms with Gasteiger partial charge in [-0.15, -0.1) is 0 Å². The standard InChI is InChI=1S/C21H23Cl2NO6/c1-29-11-18(25)24-17(19(26)20(27)21(28)30-2)7-12-3-5-13(6-4-12)14-8-15(22)10-16(23)9-14/h3-6,8-10,17,19-20,26-27H,7,11H2,1-2H3,(H,24,25)/t17-,19-,20+/m0/s1. The number of hydrogen-bond donors (Lipinski definition) is 3. The first kappa shape index (κ1) is 24.1. The molecule has 3 N–H and O–H groups in total. The largest absolute Gasteiger partial charge is 0.467 e. The lowest BCUT2D eigenvalue weighted by molar-refractivity contribution is -0.158. The van der Waals surface area contributed by atoms with Crippen LogP contribution in [0.25, 0.3) is 11.1 Å². The predicted octanol–water partition coefficient (Wildman–Crippen LogP) is 2.23. The minimum atomic E-state index is -1.81. The Hall–Kier alpha value is -2.16. The van der Waals surface area contributed by atoms with Crippen molar-refractivity contribution in [2.24, 2.45) is 0 Å². The highest BCUT2D eigenvalue weighted by atomic mass is 35.5. The van der Waals surface area contributed by atoms with Gasteiger partial charge >= 0.3 is 5.97 Å². The maximum Gasteiger partial charge on any atom is 0.337 e. The lowest BCUT2D eigenvalue weighted by Gasteiger charge is -2.26. The van der Waals surface area contributed by atoms with E-state index in [2.05, 4.69) is 10.1 Å². The van der Waals surface area contributed by atoms with Crippen molar-refractivity contribution in [1.29, 1.82) is 0 Å². The molecule has 0 radical (unpaired) electrons. The Kier molecular flexibility index (Phi) is 9.08. The van der Waals surface area contributed by atoms with E-state index in [-0.39, 0.29) is 13.0 Å². The summed E-state index contributed by atoms with van der Waals surface area (Å²) < 4.78 is 9.24. The number of hydrogen-bond acceptors (Lipinski definition) is 6. The summed E-state index contributed by atoms with van der Waals surface area (Å²) in [5.41, 5.74) is 2.47. The second kappa shape index (κ2) is 11.3. The zero-order chi connectivity index (χ0) is 22.3. The van der Waals surface area contributed by atoms with Crippen LogP contribution in [-0.4, -0.2) is 61.2 Å². The number of aliphatic hydroxyl groups excluding tert-OH is 2. The maximum atomic E-state index is 11.9. The third kappa shape index (κ3) is 6.68. The molecule has 1 amide bonds. The minimum Gasteiger partial charge on any atom is -0.467 e. The molecule has 162 valence electrons. The number of aliphatic hydroxyl groups is 2. The third-order valence-corrected chi connectivity index (χ3v) is 4.84. The SMILES string of the molecule is COCC(=O)N[C@@H](Cc1ccc(-c2cc(Cl)cc(Cl)c2)cc1)[C@H](O)[C@@H](O)C(=O)OC. The van der Waals surface area contributed by atoms with Gasteiger partial charge in [-0.05, 0) is 41.3 Å². The third-order valence-electron chi connectivity index (χ3n) is 4.41. The van der Waals surface area contributed by atoms with Crippen LogP contribution in [0.15, 0.2) is 42.5 Å². The van der Waals surface area contributed by atoms with Crippen molar-refractivity contribution in [1.82, 2.24) is 5.32 Å².